The summed E-state index contributed by atoms with van der Waals surface area (Å²) in [6, 6.07) is 6.73. The fourth-order valence-electron chi connectivity index (χ4n) is 0.828. The van der Waals surface area contributed by atoms with Crippen LogP contribution in [0.4, 0.5) is 5.69 Å². The van der Waals surface area contributed by atoms with Gasteiger partial charge in [0.05, 0.1) is 22.3 Å². The second-order valence-electron chi connectivity index (χ2n) is 2.36. The van der Waals surface area contributed by atoms with Crippen molar-refractivity contribution in [2.45, 2.75) is 0 Å². The smallest absolute Gasteiger partial charge is 0.113 e. The van der Waals surface area contributed by atoms with Crippen molar-refractivity contribution in [3.05, 3.63) is 28.8 Å². The van der Waals surface area contributed by atoms with Gasteiger partial charge in [0.1, 0.15) is 11.0 Å². The molecular formula is C8H7ClN2OS. The molecule has 0 aliphatic carbocycles. The molecule has 0 spiro atoms. The third kappa shape index (κ3) is 2.72. The largest absolute Gasteiger partial charge is 0.304 e. The highest BCUT2D eigenvalue weighted by molar-refractivity contribution is 7.85. The molecule has 1 rings (SSSR count). The van der Waals surface area contributed by atoms with Crippen LogP contribution in [0.25, 0.3) is 0 Å². The fraction of sp³-hybridized carbons (Fsp3) is 0.125. The SMILES string of the molecule is CS(=O)Nc1cc(C#N)ccc1Cl. The molecule has 0 aromatic heterocycles. The van der Waals surface area contributed by atoms with Gasteiger partial charge in [0, 0.05) is 6.26 Å². The van der Waals surface area contributed by atoms with E-state index in [-0.39, 0.29) is 0 Å². The van der Waals surface area contributed by atoms with E-state index in [4.69, 9.17) is 16.9 Å². The first kappa shape index (κ1) is 10.0. The standard InChI is InChI=1S/C8H7ClN2OS/c1-13(12)11-8-4-6(5-10)2-3-7(8)9/h2-4,11H,1H3. The predicted octanol–water partition coefficient (Wildman–Crippen LogP) is 1.92. The molecule has 5 heteroatoms. The normalized spacial score (nSPS) is 11.8. The number of halogens is 1. The summed E-state index contributed by atoms with van der Waals surface area (Å²) < 4.78 is 13.5. The zero-order chi connectivity index (χ0) is 9.84. The Morgan fingerprint density at radius 3 is 2.85 bits per heavy atom. The zero-order valence-corrected chi connectivity index (χ0v) is 8.45. The fourth-order valence-corrected chi connectivity index (χ4v) is 1.53. The van der Waals surface area contributed by atoms with Crippen LogP contribution >= 0.6 is 11.6 Å². The second kappa shape index (κ2) is 4.26. The van der Waals surface area contributed by atoms with Gasteiger partial charge in [0.2, 0.25) is 0 Å². The molecule has 0 radical (unpaired) electrons. The van der Waals surface area contributed by atoms with Crippen molar-refractivity contribution in [1.29, 1.82) is 5.26 Å². The summed E-state index contributed by atoms with van der Waals surface area (Å²) in [7, 11) is -1.18. The summed E-state index contributed by atoms with van der Waals surface area (Å²) in [5.41, 5.74) is 0.999. The van der Waals surface area contributed by atoms with E-state index in [1.165, 1.54) is 6.26 Å². The number of rotatable bonds is 2. The minimum Gasteiger partial charge on any atom is -0.304 e. The molecule has 0 saturated carbocycles. The molecule has 0 fully saturated rings. The third-order valence-electron chi connectivity index (χ3n) is 1.35. The lowest BCUT2D eigenvalue weighted by atomic mass is 10.2. The van der Waals surface area contributed by atoms with Gasteiger partial charge in [-0.3, -0.25) is 0 Å². The van der Waals surface area contributed by atoms with Gasteiger partial charge in [-0.2, -0.15) is 5.26 Å². The highest BCUT2D eigenvalue weighted by atomic mass is 35.5. The Balaban J connectivity index is 3.05. The lowest BCUT2D eigenvalue weighted by Crippen LogP contribution is -2.01. The van der Waals surface area contributed by atoms with Crippen LogP contribution in [0.5, 0.6) is 0 Å². The van der Waals surface area contributed by atoms with Crippen LogP contribution in [-0.4, -0.2) is 10.5 Å². The third-order valence-corrected chi connectivity index (χ3v) is 2.19. The van der Waals surface area contributed by atoms with E-state index in [0.29, 0.717) is 16.3 Å². The molecule has 1 unspecified atom stereocenters. The lowest BCUT2D eigenvalue weighted by molar-refractivity contribution is 0.690. The van der Waals surface area contributed by atoms with E-state index < -0.39 is 11.0 Å². The van der Waals surface area contributed by atoms with Crippen LogP contribution in [0.1, 0.15) is 5.56 Å². The minimum atomic E-state index is -1.18. The van der Waals surface area contributed by atoms with E-state index in [1.54, 1.807) is 18.2 Å². The number of hydrogen-bond acceptors (Lipinski definition) is 2. The van der Waals surface area contributed by atoms with E-state index in [9.17, 15) is 4.21 Å². The molecule has 0 aliphatic heterocycles. The highest BCUT2D eigenvalue weighted by Gasteiger charge is 2.02. The predicted molar refractivity (Wildman–Crippen MR) is 53.9 cm³/mol. The lowest BCUT2D eigenvalue weighted by Gasteiger charge is -2.04. The van der Waals surface area contributed by atoms with Crippen molar-refractivity contribution in [3.63, 3.8) is 0 Å². The molecule has 0 aliphatic rings. The number of nitrogens with zero attached hydrogens (tertiary/aromatic N) is 1. The Hall–Kier alpha value is -1.05. The Kier molecular flexibility index (Phi) is 3.29. The molecule has 3 nitrogen and oxygen atoms in total. The van der Waals surface area contributed by atoms with Crippen LogP contribution in [-0.2, 0) is 11.0 Å². The van der Waals surface area contributed by atoms with Crippen LogP contribution in [0.3, 0.4) is 0 Å². The number of nitriles is 1. The van der Waals surface area contributed by atoms with Gasteiger partial charge < -0.3 is 4.72 Å². The molecule has 68 valence electrons. The summed E-state index contributed by atoms with van der Waals surface area (Å²) in [6.07, 6.45) is 1.50. The molecule has 1 N–H and O–H groups in total. The Morgan fingerprint density at radius 1 is 1.62 bits per heavy atom. The first-order valence-electron chi connectivity index (χ1n) is 3.43. The molecule has 1 aromatic rings. The summed E-state index contributed by atoms with van der Waals surface area (Å²) in [6.45, 7) is 0. The maximum Gasteiger partial charge on any atom is 0.113 e. The minimum absolute atomic E-state index is 0.453. The quantitative estimate of drug-likeness (QED) is 0.818. The van der Waals surface area contributed by atoms with Gasteiger partial charge in [-0.15, -0.1) is 0 Å². The second-order valence-corrected chi connectivity index (χ2v) is 3.88. The van der Waals surface area contributed by atoms with Gasteiger partial charge in [0.15, 0.2) is 0 Å². The number of anilines is 1. The van der Waals surface area contributed by atoms with Crippen molar-refractivity contribution in [2.24, 2.45) is 0 Å². The van der Waals surface area contributed by atoms with Crippen molar-refractivity contribution < 1.29 is 4.21 Å². The Morgan fingerprint density at radius 2 is 2.31 bits per heavy atom. The van der Waals surface area contributed by atoms with Crippen molar-refractivity contribution in [2.75, 3.05) is 11.0 Å². The molecule has 0 bridgehead atoms. The summed E-state index contributed by atoms with van der Waals surface area (Å²) in [4.78, 5) is 0. The van der Waals surface area contributed by atoms with Crippen molar-refractivity contribution >= 4 is 28.3 Å². The maximum atomic E-state index is 10.8. The van der Waals surface area contributed by atoms with E-state index in [2.05, 4.69) is 4.72 Å². The van der Waals surface area contributed by atoms with E-state index >= 15 is 0 Å². The average molecular weight is 215 g/mol. The molecule has 13 heavy (non-hydrogen) atoms. The highest BCUT2D eigenvalue weighted by Crippen LogP contribution is 2.22. The summed E-state index contributed by atoms with van der Waals surface area (Å²) >= 11 is 5.79. The van der Waals surface area contributed by atoms with Crippen LogP contribution in [0.2, 0.25) is 5.02 Å². The average Bonchev–Trinajstić information content (AvgIpc) is 2.08. The number of benzene rings is 1. The van der Waals surface area contributed by atoms with Crippen molar-refractivity contribution in [3.8, 4) is 6.07 Å². The van der Waals surface area contributed by atoms with E-state index in [1.807, 2.05) is 6.07 Å². The topological polar surface area (TPSA) is 52.9 Å². The number of nitrogens with one attached hydrogen (secondary N) is 1. The summed E-state index contributed by atoms with van der Waals surface area (Å²) in [5.74, 6) is 0. The van der Waals surface area contributed by atoms with Crippen molar-refractivity contribution in [1.82, 2.24) is 0 Å². The van der Waals surface area contributed by atoms with Crippen LogP contribution in [0, 0.1) is 11.3 Å². The first-order valence-corrected chi connectivity index (χ1v) is 5.37. The molecule has 0 heterocycles. The van der Waals surface area contributed by atoms with Gasteiger partial charge in [-0.25, -0.2) is 4.21 Å². The molecule has 0 amide bonds. The molecule has 1 atom stereocenters. The van der Waals surface area contributed by atoms with Gasteiger partial charge >= 0.3 is 0 Å². The Labute approximate surface area is 83.9 Å². The zero-order valence-electron chi connectivity index (χ0n) is 6.87. The molecule has 0 saturated heterocycles. The Bertz CT molecular complexity index is 386. The summed E-state index contributed by atoms with van der Waals surface area (Å²) in [5, 5.41) is 9.04. The van der Waals surface area contributed by atoms with Gasteiger partial charge in [-0.05, 0) is 18.2 Å². The van der Waals surface area contributed by atoms with E-state index in [0.717, 1.165) is 0 Å². The maximum absolute atomic E-state index is 10.8. The number of hydrogen-bond donors (Lipinski definition) is 1. The molecule has 1 aromatic carbocycles. The first-order chi connectivity index (χ1) is 6.13. The van der Waals surface area contributed by atoms with Crippen LogP contribution < -0.4 is 4.72 Å². The van der Waals surface area contributed by atoms with Gasteiger partial charge in [-0.1, -0.05) is 11.6 Å². The van der Waals surface area contributed by atoms with Crippen LogP contribution in [0.15, 0.2) is 18.2 Å². The van der Waals surface area contributed by atoms with Gasteiger partial charge in [0.25, 0.3) is 0 Å². The molecular weight excluding hydrogens is 208 g/mol. The monoisotopic (exact) mass is 214 g/mol.